The summed E-state index contributed by atoms with van der Waals surface area (Å²) in [5, 5.41) is 5.85. The lowest BCUT2D eigenvalue weighted by molar-refractivity contribution is -0.126. The molecule has 7 heteroatoms. The van der Waals surface area contributed by atoms with Gasteiger partial charge in [0.15, 0.2) is 0 Å². The predicted molar refractivity (Wildman–Crippen MR) is 107 cm³/mol. The summed E-state index contributed by atoms with van der Waals surface area (Å²) in [5.74, 6) is -0.380. The Morgan fingerprint density at radius 3 is 2.59 bits per heavy atom. The average molecular weight is 385 g/mol. The number of hydrogen-bond acceptors (Lipinski definition) is 5. The molecule has 3 heterocycles. The quantitative estimate of drug-likeness (QED) is 0.861. The van der Waals surface area contributed by atoms with Crippen LogP contribution < -0.4 is 15.1 Å². The Balaban J connectivity index is 1.36. The molecule has 1 unspecified atom stereocenters. The monoisotopic (exact) mass is 384 g/mol. The number of nitrogens with one attached hydrogen (secondary N) is 1. The van der Waals surface area contributed by atoms with Gasteiger partial charge in [-0.25, -0.2) is 4.98 Å². The lowest BCUT2D eigenvalue weighted by Crippen LogP contribution is -2.32. The second-order valence-electron chi connectivity index (χ2n) is 7.19. The molecular formula is C20H24N4O2S. The number of carbonyl (C=O) groups excluding carboxylic acids is 2. The number of aromatic nitrogens is 1. The minimum atomic E-state index is -0.310. The number of rotatable bonds is 5. The summed E-state index contributed by atoms with van der Waals surface area (Å²) in [6, 6.07) is 8.13. The van der Waals surface area contributed by atoms with Gasteiger partial charge in [-0.2, -0.15) is 0 Å². The molecule has 0 aliphatic carbocycles. The van der Waals surface area contributed by atoms with Gasteiger partial charge < -0.3 is 15.1 Å². The number of benzene rings is 1. The molecule has 2 amide bonds. The van der Waals surface area contributed by atoms with Crippen molar-refractivity contribution in [3.63, 3.8) is 0 Å². The van der Waals surface area contributed by atoms with E-state index in [-0.39, 0.29) is 24.2 Å². The fourth-order valence-electron chi connectivity index (χ4n) is 3.76. The molecule has 1 N–H and O–H groups in total. The fraction of sp³-hybridized carbons (Fsp3) is 0.450. The molecule has 1 aromatic carbocycles. The fourth-order valence-corrected chi connectivity index (χ4v) is 4.38. The molecule has 142 valence electrons. The molecule has 2 aliphatic rings. The van der Waals surface area contributed by atoms with E-state index in [1.54, 1.807) is 16.2 Å². The van der Waals surface area contributed by atoms with Crippen LogP contribution in [0.5, 0.6) is 0 Å². The van der Waals surface area contributed by atoms with Crippen molar-refractivity contribution in [2.24, 2.45) is 5.92 Å². The van der Waals surface area contributed by atoms with Gasteiger partial charge in [0.05, 0.1) is 23.2 Å². The Morgan fingerprint density at radius 1 is 1.22 bits per heavy atom. The summed E-state index contributed by atoms with van der Waals surface area (Å²) in [5.41, 5.74) is 2.94. The first kappa shape index (κ1) is 18.0. The number of hydrogen-bond donors (Lipinski definition) is 1. The highest BCUT2D eigenvalue weighted by Gasteiger charge is 2.35. The first-order chi connectivity index (χ1) is 13.1. The maximum Gasteiger partial charge on any atom is 0.227 e. The van der Waals surface area contributed by atoms with Gasteiger partial charge in [0.25, 0.3) is 0 Å². The summed E-state index contributed by atoms with van der Waals surface area (Å²) in [6.07, 6.45) is 2.74. The zero-order valence-electron chi connectivity index (χ0n) is 15.5. The minimum Gasteiger partial charge on any atom is -0.372 e. The van der Waals surface area contributed by atoms with Gasteiger partial charge in [0, 0.05) is 42.8 Å². The highest BCUT2D eigenvalue weighted by atomic mass is 32.1. The van der Waals surface area contributed by atoms with Crippen molar-refractivity contribution in [3.05, 3.63) is 40.3 Å². The van der Waals surface area contributed by atoms with Crippen LogP contribution >= 0.6 is 11.3 Å². The third-order valence-electron chi connectivity index (χ3n) is 5.24. The Bertz CT molecular complexity index is 827. The molecule has 0 saturated carbocycles. The van der Waals surface area contributed by atoms with Crippen molar-refractivity contribution in [2.45, 2.75) is 32.7 Å². The van der Waals surface area contributed by atoms with E-state index in [9.17, 15) is 9.59 Å². The molecule has 0 spiro atoms. The van der Waals surface area contributed by atoms with Gasteiger partial charge in [-0.15, -0.1) is 11.3 Å². The van der Waals surface area contributed by atoms with Gasteiger partial charge in [-0.1, -0.05) is 0 Å². The molecular weight excluding hydrogens is 360 g/mol. The summed E-state index contributed by atoms with van der Waals surface area (Å²) in [4.78, 5) is 33.3. The van der Waals surface area contributed by atoms with Crippen LogP contribution in [-0.2, 0) is 16.1 Å². The third-order valence-corrected chi connectivity index (χ3v) is 6.06. The summed E-state index contributed by atoms with van der Waals surface area (Å²) in [6.45, 7) is 4.99. The molecule has 1 atom stereocenters. The number of nitrogens with zero attached hydrogens (tertiary/aromatic N) is 3. The van der Waals surface area contributed by atoms with E-state index in [0.29, 0.717) is 13.1 Å². The highest BCUT2D eigenvalue weighted by molar-refractivity contribution is 7.09. The summed E-state index contributed by atoms with van der Waals surface area (Å²) >= 11 is 1.57. The van der Waals surface area contributed by atoms with Gasteiger partial charge >= 0.3 is 0 Å². The molecule has 0 radical (unpaired) electrons. The van der Waals surface area contributed by atoms with Crippen LogP contribution in [0.2, 0.25) is 0 Å². The topological polar surface area (TPSA) is 65.5 Å². The van der Waals surface area contributed by atoms with Crippen molar-refractivity contribution in [2.75, 3.05) is 29.4 Å². The Labute approximate surface area is 163 Å². The number of aryl methyl sites for hydroxylation is 1. The Morgan fingerprint density at radius 2 is 1.93 bits per heavy atom. The normalized spacial score (nSPS) is 19.7. The zero-order valence-corrected chi connectivity index (χ0v) is 16.3. The zero-order chi connectivity index (χ0) is 18.8. The largest absolute Gasteiger partial charge is 0.372 e. The van der Waals surface area contributed by atoms with E-state index in [1.165, 1.54) is 18.5 Å². The van der Waals surface area contributed by atoms with Crippen molar-refractivity contribution >= 4 is 34.5 Å². The maximum absolute atomic E-state index is 12.5. The Hall–Kier alpha value is -2.41. The highest BCUT2D eigenvalue weighted by Crippen LogP contribution is 2.28. The van der Waals surface area contributed by atoms with Gasteiger partial charge in [-0.05, 0) is 44.0 Å². The SMILES string of the molecule is Cc1nc(CNC(=O)C2CC(=O)N(c3ccc(N4CCCC4)cc3)C2)cs1. The van der Waals surface area contributed by atoms with Crippen LogP contribution in [0.4, 0.5) is 11.4 Å². The smallest absolute Gasteiger partial charge is 0.227 e. The van der Waals surface area contributed by atoms with E-state index >= 15 is 0 Å². The van der Waals surface area contributed by atoms with Crippen LogP contribution in [-0.4, -0.2) is 36.4 Å². The minimum absolute atomic E-state index is 0.00794. The average Bonchev–Trinajstić information content (AvgIpc) is 3.41. The first-order valence-electron chi connectivity index (χ1n) is 9.44. The first-order valence-corrected chi connectivity index (χ1v) is 10.3. The van der Waals surface area contributed by atoms with Crippen molar-refractivity contribution < 1.29 is 9.59 Å². The third kappa shape index (κ3) is 3.98. The van der Waals surface area contributed by atoms with Crippen LogP contribution in [0.25, 0.3) is 0 Å². The molecule has 2 saturated heterocycles. The molecule has 2 aliphatic heterocycles. The van der Waals surface area contributed by atoms with Crippen molar-refractivity contribution in [3.8, 4) is 0 Å². The molecule has 2 aromatic rings. The van der Waals surface area contributed by atoms with Crippen LogP contribution in [0.3, 0.4) is 0 Å². The van der Waals surface area contributed by atoms with Crippen LogP contribution in [0.15, 0.2) is 29.6 Å². The van der Waals surface area contributed by atoms with Crippen LogP contribution in [0.1, 0.15) is 30.0 Å². The molecule has 2 fully saturated rings. The second-order valence-corrected chi connectivity index (χ2v) is 8.25. The van der Waals surface area contributed by atoms with E-state index in [0.717, 1.165) is 29.5 Å². The maximum atomic E-state index is 12.5. The van der Waals surface area contributed by atoms with E-state index < -0.39 is 0 Å². The predicted octanol–water partition coefficient (Wildman–Crippen LogP) is 2.72. The number of carbonyl (C=O) groups is 2. The lowest BCUT2D eigenvalue weighted by Gasteiger charge is -2.20. The van der Waals surface area contributed by atoms with Crippen LogP contribution in [0, 0.1) is 12.8 Å². The van der Waals surface area contributed by atoms with E-state index in [2.05, 4.69) is 27.3 Å². The van der Waals surface area contributed by atoms with Crippen molar-refractivity contribution in [1.82, 2.24) is 10.3 Å². The van der Waals surface area contributed by atoms with E-state index in [1.807, 2.05) is 24.4 Å². The molecule has 1 aromatic heterocycles. The van der Waals surface area contributed by atoms with E-state index in [4.69, 9.17) is 0 Å². The number of thiazole rings is 1. The lowest BCUT2D eigenvalue weighted by atomic mass is 10.1. The number of anilines is 2. The molecule has 4 rings (SSSR count). The van der Waals surface area contributed by atoms with Gasteiger partial charge in [-0.3, -0.25) is 9.59 Å². The number of amides is 2. The van der Waals surface area contributed by atoms with Crippen molar-refractivity contribution in [1.29, 1.82) is 0 Å². The molecule has 0 bridgehead atoms. The summed E-state index contributed by atoms with van der Waals surface area (Å²) < 4.78 is 0. The standard InChI is InChI=1S/C20H24N4O2S/c1-14-22-16(13-27-14)11-21-20(26)15-10-19(25)24(12-15)18-6-4-17(5-7-18)23-8-2-3-9-23/h4-7,13,15H,2-3,8-12H2,1H3,(H,21,26). The van der Waals surface area contributed by atoms with Gasteiger partial charge in [0.1, 0.15) is 0 Å². The van der Waals surface area contributed by atoms with Gasteiger partial charge in [0.2, 0.25) is 11.8 Å². The molecule has 6 nitrogen and oxygen atoms in total. The second kappa shape index (κ2) is 7.68. The Kier molecular flexibility index (Phi) is 5.11. The molecule has 27 heavy (non-hydrogen) atoms. The summed E-state index contributed by atoms with van der Waals surface area (Å²) in [7, 11) is 0.